The summed E-state index contributed by atoms with van der Waals surface area (Å²) in [6, 6.07) is 12.7. The Morgan fingerprint density at radius 2 is 2.07 bits per heavy atom. The van der Waals surface area contributed by atoms with Crippen molar-refractivity contribution in [2.75, 3.05) is 6.54 Å². The summed E-state index contributed by atoms with van der Waals surface area (Å²) < 4.78 is 0. The predicted molar refractivity (Wildman–Crippen MR) is 60.5 cm³/mol. The molecule has 76 valence electrons. The SMILES string of the molecule is NC1CNC1c1ccc2ccccc2n1. The normalized spacial score (nSPS) is 25.1. The Kier molecular flexibility index (Phi) is 1.94. The molecule has 0 bridgehead atoms. The van der Waals surface area contributed by atoms with Crippen molar-refractivity contribution in [3.8, 4) is 0 Å². The molecule has 1 aromatic heterocycles. The summed E-state index contributed by atoms with van der Waals surface area (Å²) in [5.41, 5.74) is 7.98. The Morgan fingerprint density at radius 3 is 2.80 bits per heavy atom. The highest BCUT2D eigenvalue weighted by Crippen LogP contribution is 2.22. The maximum Gasteiger partial charge on any atom is 0.0706 e. The lowest BCUT2D eigenvalue weighted by Crippen LogP contribution is -2.55. The highest BCUT2D eigenvalue weighted by atomic mass is 15.1. The number of nitrogens with zero attached hydrogens (tertiary/aromatic N) is 1. The van der Waals surface area contributed by atoms with Crippen molar-refractivity contribution in [1.29, 1.82) is 0 Å². The van der Waals surface area contributed by atoms with Gasteiger partial charge in [0, 0.05) is 18.0 Å². The number of nitrogens with one attached hydrogen (secondary N) is 1. The molecule has 0 aliphatic carbocycles. The van der Waals surface area contributed by atoms with Gasteiger partial charge in [-0.25, -0.2) is 0 Å². The number of hydrogen-bond donors (Lipinski definition) is 2. The van der Waals surface area contributed by atoms with Crippen LogP contribution in [0.2, 0.25) is 0 Å². The second-order valence-corrected chi connectivity index (χ2v) is 3.98. The molecule has 1 aliphatic rings. The van der Waals surface area contributed by atoms with Crippen LogP contribution in [0.1, 0.15) is 11.7 Å². The fraction of sp³-hybridized carbons (Fsp3) is 0.250. The Morgan fingerprint density at radius 1 is 1.20 bits per heavy atom. The Hall–Kier alpha value is -1.45. The van der Waals surface area contributed by atoms with Crippen LogP contribution in [0.3, 0.4) is 0 Å². The van der Waals surface area contributed by atoms with Crippen LogP contribution in [0.5, 0.6) is 0 Å². The summed E-state index contributed by atoms with van der Waals surface area (Å²) >= 11 is 0. The lowest BCUT2D eigenvalue weighted by Gasteiger charge is -2.34. The van der Waals surface area contributed by atoms with Crippen molar-refractivity contribution in [1.82, 2.24) is 10.3 Å². The molecule has 0 radical (unpaired) electrons. The lowest BCUT2D eigenvalue weighted by atomic mass is 9.97. The number of para-hydroxylation sites is 1. The van der Waals surface area contributed by atoms with Gasteiger partial charge in [-0.3, -0.25) is 4.98 Å². The molecule has 0 saturated carbocycles. The van der Waals surface area contributed by atoms with Gasteiger partial charge in [0.15, 0.2) is 0 Å². The number of pyridine rings is 1. The van der Waals surface area contributed by atoms with Crippen LogP contribution in [0, 0.1) is 0 Å². The van der Waals surface area contributed by atoms with Crippen molar-refractivity contribution in [3.05, 3.63) is 42.1 Å². The number of hydrogen-bond acceptors (Lipinski definition) is 3. The molecule has 1 aromatic carbocycles. The van der Waals surface area contributed by atoms with Crippen molar-refractivity contribution in [2.24, 2.45) is 5.73 Å². The van der Waals surface area contributed by atoms with Gasteiger partial charge in [0.25, 0.3) is 0 Å². The van der Waals surface area contributed by atoms with Gasteiger partial charge >= 0.3 is 0 Å². The third kappa shape index (κ3) is 1.40. The van der Waals surface area contributed by atoms with Crippen LogP contribution in [0.15, 0.2) is 36.4 Å². The van der Waals surface area contributed by atoms with Crippen LogP contribution in [0.25, 0.3) is 10.9 Å². The average molecular weight is 199 g/mol. The number of rotatable bonds is 1. The van der Waals surface area contributed by atoms with Crippen LogP contribution in [-0.2, 0) is 0 Å². The molecule has 2 atom stereocenters. The molecule has 0 amide bonds. The zero-order valence-corrected chi connectivity index (χ0v) is 8.35. The fourth-order valence-electron chi connectivity index (χ4n) is 1.95. The molecule has 3 rings (SSSR count). The minimum Gasteiger partial charge on any atom is -0.325 e. The molecule has 3 N–H and O–H groups in total. The molecule has 2 aromatic rings. The molecular weight excluding hydrogens is 186 g/mol. The first-order valence-electron chi connectivity index (χ1n) is 5.19. The predicted octanol–water partition coefficient (Wildman–Crippen LogP) is 1.21. The minimum atomic E-state index is 0.207. The highest BCUT2D eigenvalue weighted by Gasteiger charge is 2.29. The van der Waals surface area contributed by atoms with Crippen LogP contribution in [0.4, 0.5) is 0 Å². The van der Waals surface area contributed by atoms with E-state index in [2.05, 4.69) is 28.5 Å². The average Bonchev–Trinajstić information content (AvgIpc) is 2.27. The zero-order chi connectivity index (χ0) is 10.3. The molecule has 3 heteroatoms. The van der Waals surface area contributed by atoms with E-state index >= 15 is 0 Å². The summed E-state index contributed by atoms with van der Waals surface area (Å²) in [6.45, 7) is 0.888. The van der Waals surface area contributed by atoms with Crippen molar-refractivity contribution < 1.29 is 0 Å². The second kappa shape index (κ2) is 3.29. The standard InChI is InChI=1S/C12H13N3/c13-9-7-14-12(9)11-6-5-8-3-1-2-4-10(8)15-11/h1-6,9,12,14H,7,13H2. The van der Waals surface area contributed by atoms with Gasteiger partial charge in [-0.15, -0.1) is 0 Å². The molecule has 1 fully saturated rings. The van der Waals surface area contributed by atoms with Gasteiger partial charge in [-0.1, -0.05) is 24.3 Å². The van der Waals surface area contributed by atoms with E-state index in [1.54, 1.807) is 0 Å². The molecular formula is C12H13N3. The maximum absolute atomic E-state index is 5.90. The van der Waals surface area contributed by atoms with E-state index < -0.39 is 0 Å². The molecule has 3 nitrogen and oxygen atoms in total. The largest absolute Gasteiger partial charge is 0.325 e. The van der Waals surface area contributed by atoms with Gasteiger partial charge in [-0.2, -0.15) is 0 Å². The lowest BCUT2D eigenvalue weighted by molar-refractivity contribution is 0.313. The van der Waals surface area contributed by atoms with E-state index in [-0.39, 0.29) is 12.1 Å². The number of nitrogens with two attached hydrogens (primary N) is 1. The quantitative estimate of drug-likeness (QED) is 0.725. The van der Waals surface area contributed by atoms with E-state index in [4.69, 9.17) is 5.73 Å². The first-order valence-corrected chi connectivity index (χ1v) is 5.19. The molecule has 15 heavy (non-hydrogen) atoms. The zero-order valence-electron chi connectivity index (χ0n) is 8.35. The monoisotopic (exact) mass is 199 g/mol. The van der Waals surface area contributed by atoms with E-state index in [9.17, 15) is 0 Å². The topological polar surface area (TPSA) is 50.9 Å². The molecule has 1 aliphatic heterocycles. The maximum atomic E-state index is 5.90. The van der Waals surface area contributed by atoms with Crippen molar-refractivity contribution in [2.45, 2.75) is 12.1 Å². The highest BCUT2D eigenvalue weighted by molar-refractivity contribution is 5.78. The minimum absolute atomic E-state index is 0.207. The first kappa shape index (κ1) is 8.83. The number of aromatic nitrogens is 1. The van der Waals surface area contributed by atoms with Gasteiger partial charge in [-0.05, 0) is 12.1 Å². The summed E-state index contributed by atoms with van der Waals surface area (Å²) in [4.78, 5) is 4.61. The summed E-state index contributed by atoms with van der Waals surface area (Å²) in [5.74, 6) is 0. The molecule has 1 saturated heterocycles. The smallest absolute Gasteiger partial charge is 0.0706 e. The molecule has 0 spiro atoms. The van der Waals surface area contributed by atoms with E-state index in [1.807, 2.05) is 18.2 Å². The van der Waals surface area contributed by atoms with Crippen LogP contribution < -0.4 is 11.1 Å². The summed E-state index contributed by atoms with van der Waals surface area (Å²) in [5, 5.41) is 4.46. The number of benzene rings is 1. The first-order chi connectivity index (χ1) is 7.34. The Labute approximate surface area is 88.3 Å². The molecule has 2 unspecified atom stereocenters. The van der Waals surface area contributed by atoms with Crippen LogP contribution >= 0.6 is 0 Å². The third-order valence-corrected chi connectivity index (χ3v) is 2.94. The summed E-state index contributed by atoms with van der Waals surface area (Å²) in [7, 11) is 0. The third-order valence-electron chi connectivity index (χ3n) is 2.94. The van der Waals surface area contributed by atoms with Gasteiger partial charge in [0.2, 0.25) is 0 Å². The second-order valence-electron chi connectivity index (χ2n) is 3.98. The Bertz CT molecular complexity index is 495. The van der Waals surface area contributed by atoms with E-state index in [1.165, 1.54) is 5.39 Å². The van der Waals surface area contributed by atoms with Crippen molar-refractivity contribution >= 4 is 10.9 Å². The van der Waals surface area contributed by atoms with Gasteiger partial charge in [0.05, 0.1) is 17.3 Å². The van der Waals surface area contributed by atoms with Gasteiger partial charge in [0.1, 0.15) is 0 Å². The van der Waals surface area contributed by atoms with Crippen LogP contribution in [-0.4, -0.2) is 17.6 Å². The van der Waals surface area contributed by atoms with E-state index in [0.29, 0.717) is 0 Å². The number of fused-ring (bicyclic) bond motifs is 1. The fourth-order valence-corrected chi connectivity index (χ4v) is 1.95. The summed E-state index contributed by atoms with van der Waals surface area (Å²) in [6.07, 6.45) is 0. The van der Waals surface area contributed by atoms with Crippen molar-refractivity contribution in [3.63, 3.8) is 0 Å². The van der Waals surface area contributed by atoms with Gasteiger partial charge < -0.3 is 11.1 Å². The Balaban J connectivity index is 2.06. The molecule has 2 heterocycles. The van der Waals surface area contributed by atoms with E-state index in [0.717, 1.165) is 17.8 Å².